The molecule has 14 heavy (non-hydrogen) atoms. The van der Waals surface area contributed by atoms with Crippen LogP contribution in [0.25, 0.3) is 0 Å². The Morgan fingerprint density at radius 3 is 3.07 bits per heavy atom. The predicted octanol–water partition coefficient (Wildman–Crippen LogP) is 1.74. The molecule has 1 aromatic heterocycles. The second kappa shape index (κ2) is 3.95. The molecule has 1 aliphatic rings. The summed E-state index contributed by atoms with van der Waals surface area (Å²) in [4.78, 5) is 15.7. The lowest BCUT2D eigenvalue weighted by atomic mass is 10.0. The van der Waals surface area contributed by atoms with E-state index in [1.807, 2.05) is 17.8 Å². The Hall–Kier alpha value is -1.12. The number of rotatable bonds is 3. The maximum Gasteiger partial charge on any atom is 0.152 e. The predicted molar refractivity (Wildman–Crippen MR) is 54.2 cm³/mol. The highest BCUT2D eigenvalue weighted by atomic mass is 16.1. The average molecular weight is 192 g/mol. The van der Waals surface area contributed by atoms with Crippen molar-refractivity contribution in [3.8, 4) is 0 Å². The Morgan fingerprint density at radius 1 is 1.50 bits per heavy atom. The van der Waals surface area contributed by atoms with Crippen LogP contribution in [0, 0.1) is 0 Å². The van der Waals surface area contributed by atoms with E-state index in [1.165, 1.54) is 24.2 Å². The van der Waals surface area contributed by atoms with Gasteiger partial charge in [0.05, 0.1) is 18.6 Å². The monoisotopic (exact) mass is 192 g/mol. The van der Waals surface area contributed by atoms with Gasteiger partial charge < -0.3 is 4.57 Å². The molecule has 0 aliphatic heterocycles. The number of carbonyl (C=O) groups excluding carboxylic acids is 1. The van der Waals surface area contributed by atoms with E-state index in [2.05, 4.69) is 4.98 Å². The lowest BCUT2D eigenvalue weighted by molar-refractivity contribution is -0.119. The third kappa shape index (κ3) is 1.72. The zero-order chi connectivity index (χ0) is 9.97. The molecule has 0 saturated carbocycles. The first kappa shape index (κ1) is 9.44. The summed E-state index contributed by atoms with van der Waals surface area (Å²) in [7, 11) is 0. The smallest absolute Gasteiger partial charge is 0.152 e. The molecule has 0 amide bonds. The lowest BCUT2D eigenvalue weighted by Crippen LogP contribution is -2.13. The van der Waals surface area contributed by atoms with Crippen LogP contribution in [0.15, 0.2) is 6.33 Å². The molecule has 3 nitrogen and oxygen atoms in total. The Bertz CT molecular complexity index is 341. The van der Waals surface area contributed by atoms with Gasteiger partial charge in [0.15, 0.2) is 5.78 Å². The van der Waals surface area contributed by atoms with Crippen LogP contribution in [-0.2, 0) is 24.2 Å². The number of carbonyl (C=O) groups is 1. The van der Waals surface area contributed by atoms with Crippen LogP contribution in [0.3, 0.4) is 0 Å². The minimum absolute atomic E-state index is 0.288. The van der Waals surface area contributed by atoms with Gasteiger partial charge >= 0.3 is 0 Å². The Morgan fingerprint density at radius 2 is 2.29 bits per heavy atom. The van der Waals surface area contributed by atoms with Crippen LogP contribution in [0.5, 0.6) is 0 Å². The largest absolute Gasteiger partial charge is 0.327 e. The zero-order valence-electron chi connectivity index (χ0n) is 8.62. The normalized spacial score (nSPS) is 15.2. The Balaban J connectivity index is 2.18. The molecular formula is C11H16N2O. The van der Waals surface area contributed by atoms with Gasteiger partial charge in [0.25, 0.3) is 0 Å². The summed E-state index contributed by atoms with van der Waals surface area (Å²) in [5.41, 5.74) is 2.50. The minimum Gasteiger partial charge on any atom is -0.327 e. The molecule has 76 valence electrons. The fraction of sp³-hybridized carbons (Fsp3) is 0.636. The molecule has 0 saturated heterocycles. The van der Waals surface area contributed by atoms with Gasteiger partial charge in [-0.1, -0.05) is 6.92 Å². The number of aromatic nitrogens is 2. The molecule has 0 atom stereocenters. The highest BCUT2D eigenvalue weighted by molar-refractivity contribution is 5.77. The van der Waals surface area contributed by atoms with Crippen LogP contribution in [-0.4, -0.2) is 15.3 Å². The quantitative estimate of drug-likeness (QED) is 0.731. The van der Waals surface area contributed by atoms with Crippen molar-refractivity contribution in [3.05, 3.63) is 17.7 Å². The van der Waals surface area contributed by atoms with E-state index >= 15 is 0 Å². The molecule has 1 heterocycles. The van der Waals surface area contributed by atoms with Crippen LogP contribution >= 0.6 is 0 Å². The van der Waals surface area contributed by atoms with Crippen LogP contribution in [0.2, 0.25) is 0 Å². The topological polar surface area (TPSA) is 34.9 Å². The van der Waals surface area contributed by atoms with E-state index in [0.717, 1.165) is 12.8 Å². The van der Waals surface area contributed by atoms with E-state index in [4.69, 9.17) is 0 Å². The molecule has 2 rings (SSSR count). The molecule has 0 aromatic carbocycles. The lowest BCUT2D eigenvalue weighted by Gasteiger charge is -2.13. The number of aryl methyl sites for hydroxylation is 1. The second-order valence-electron chi connectivity index (χ2n) is 3.87. The van der Waals surface area contributed by atoms with Gasteiger partial charge in [-0.3, -0.25) is 4.79 Å². The van der Waals surface area contributed by atoms with E-state index in [1.54, 1.807) is 0 Å². The average Bonchev–Trinajstić information content (AvgIpc) is 2.62. The van der Waals surface area contributed by atoms with E-state index in [0.29, 0.717) is 13.0 Å². The molecule has 0 unspecified atom stereocenters. The SMILES string of the molecule is CCC(=O)Cn1cnc2c1CCCC2. The maximum atomic E-state index is 11.3. The van der Waals surface area contributed by atoms with Gasteiger partial charge in [0.1, 0.15) is 0 Å². The molecule has 1 aromatic rings. The number of Topliss-reactive ketones (excluding diaryl/α,β-unsaturated/α-hetero) is 1. The molecule has 0 N–H and O–H groups in total. The molecule has 0 bridgehead atoms. The number of imidazole rings is 1. The Labute approximate surface area is 84.1 Å². The molecule has 1 aliphatic carbocycles. The first-order valence-corrected chi connectivity index (χ1v) is 5.36. The van der Waals surface area contributed by atoms with Crippen LogP contribution < -0.4 is 0 Å². The molecular weight excluding hydrogens is 176 g/mol. The number of ketones is 1. The number of hydrogen-bond acceptors (Lipinski definition) is 2. The number of hydrogen-bond donors (Lipinski definition) is 0. The van der Waals surface area contributed by atoms with Gasteiger partial charge in [0, 0.05) is 12.1 Å². The van der Waals surface area contributed by atoms with Gasteiger partial charge in [-0.2, -0.15) is 0 Å². The van der Waals surface area contributed by atoms with Crippen molar-refractivity contribution in [1.29, 1.82) is 0 Å². The Kier molecular flexibility index (Phi) is 2.66. The highest BCUT2D eigenvalue weighted by Gasteiger charge is 2.15. The minimum atomic E-state index is 0.288. The summed E-state index contributed by atoms with van der Waals surface area (Å²) in [5, 5.41) is 0. The fourth-order valence-corrected chi connectivity index (χ4v) is 1.97. The van der Waals surface area contributed by atoms with Gasteiger partial charge in [-0.25, -0.2) is 4.98 Å². The van der Waals surface area contributed by atoms with Crippen molar-refractivity contribution in [1.82, 2.24) is 9.55 Å². The standard InChI is InChI=1S/C11H16N2O/c1-2-9(14)7-13-8-12-10-5-3-4-6-11(10)13/h8H,2-7H2,1H3. The molecule has 0 radical (unpaired) electrons. The van der Waals surface area contributed by atoms with Crippen molar-refractivity contribution >= 4 is 5.78 Å². The highest BCUT2D eigenvalue weighted by Crippen LogP contribution is 2.19. The molecule has 0 spiro atoms. The van der Waals surface area contributed by atoms with E-state index < -0.39 is 0 Å². The summed E-state index contributed by atoms with van der Waals surface area (Å²) in [6, 6.07) is 0. The number of nitrogens with zero attached hydrogens (tertiary/aromatic N) is 2. The third-order valence-corrected chi connectivity index (χ3v) is 2.85. The first-order valence-electron chi connectivity index (χ1n) is 5.36. The summed E-state index contributed by atoms with van der Waals surface area (Å²) >= 11 is 0. The van der Waals surface area contributed by atoms with Gasteiger partial charge in [-0.05, 0) is 25.7 Å². The van der Waals surface area contributed by atoms with Gasteiger partial charge in [0.2, 0.25) is 0 Å². The van der Waals surface area contributed by atoms with Crippen molar-refractivity contribution in [3.63, 3.8) is 0 Å². The van der Waals surface area contributed by atoms with Crippen LogP contribution in [0.1, 0.15) is 37.6 Å². The number of fused-ring (bicyclic) bond motifs is 1. The van der Waals surface area contributed by atoms with Crippen LogP contribution in [0.4, 0.5) is 0 Å². The summed E-state index contributed by atoms with van der Waals surface area (Å²) < 4.78 is 2.03. The maximum absolute atomic E-state index is 11.3. The fourth-order valence-electron chi connectivity index (χ4n) is 1.97. The zero-order valence-corrected chi connectivity index (χ0v) is 8.62. The van der Waals surface area contributed by atoms with Gasteiger partial charge in [-0.15, -0.1) is 0 Å². The molecule has 0 fully saturated rings. The summed E-state index contributed by atoms with van der Waals surface area (Å²) in [5.74, 6) is 0.288. The van der Waals surface area contributed by atoms with Crippen molar-refractivity contribution in [2.75, 3.05) is 0 Å². The third-order valence-electron chi connectivity index (χ3n) is 2.85. The first-order chi connectivity index (χ1) is 6.81. The van der Waals surface area contributed by atoms with Crippen molar-refractivity contribution in [2.24, 2.45) is 0 Å². The second-order valence-corrected chi connectivity index (χ2v) is 3.87. The van der Waals surface area contributed by atoms with Crippen molar-refractivity contribution < 1.29 is 4.79 Å². The van der Waals surface area contributed by atoms with E-state index in [-0.39, 0.29) is 5.78 Å². The van der Waals surface area contributed by atoms with Crippen molar-refractivity contribution in [2.45, 2.75) is 45.6 Å². The summed E-state index contributed by atoms with van der Waals surface area (Å²) in [6.07, 6.45) is 7.09. The van der Waals surface area contributed by atoms with E-state index in [9.17, 15) is 4.79 Å². The molecule has 3 heteroatoms. The summed E-state index contributed by atoms with van der Waals surface area (Å²) in [6.45, 7) is 2.42.